The lowest BCUT2D eigenvalue weighted by atomic mass is 9.87. The Bertz CT molecular complexity index is 357. The first-order chi connectivity index (χ1) is 9.35. The standard InChI is InChI=1S/C15H25NO4/c1-4-5-6-8-12(18)9-7-10-16-14(20)13(19)15(2,3)11-17/h1,13,17,19H,5-11H2,2-3H3,(H,16,20)/t13-/m0/s1. The predicted molar refractivity (Wildman–Crippen MR) is 76.8 cm³/mol. The molecule has 1 atom stereocenters. The summed E-state index contributed by atoms with van der Waals surface area (Å²) in [5, 5.41) is 21.4. The third-order valence-electron chi connectivity index (χ3n) is 3.10. The zero-order chi connectivity index (χ0) is 15.6. The lowest BCUT2D eigenvalue weighted by Gasteiger charge is -2.27. The molecule has 0 heterocycles. The molecule has 0 spiro atoms. The van der Waals surface area contributed by atoms with Crippen LogP contribution in [0.25, 0.3) is 0 Å². The van der Waals surface area contributed by atoms with Gasteiger partial charge >= 0.3 is 0 Å². The molecule has 1 amide bonds. The van der Waals surface area contributed by atoms with Crippen LogP contribution in [0.15, 0.2) is 0 Å². The number of ketones is 1. The third kappa shape index (κ3) is 7.27. The number of nitrogens with one attached hydrogen (secondary N) is 1. The molecule has 0 aromatic carbocycles. The molecule has 5 nitrogen and oxygen atoms in total. The molecule has 20 heavy (non-hydrogen) atoms. The smallest absolute Gasteiger partial charge is 0.249 e. The molecule has 0 bridgehead atoms. The quantitative estimate of drug-likeness (QED) is 0.405. The monoisotopic (exact) mass is 283 g/mol. The maximum Gasteiger partial charge on any atom is 0.249 e. The summed E-state index contributed by atoms with van der Waals surface area (Å²) in [7, 11) is 0. The molecule has 5 heteroatoms. The summed E-state index contributed by atoms with van der Waals surface area (Å²) in [6.07, 6.45) is 6.53. The summed E-state index contributed by atoms with van der Waals surface area (Å²) in [5.74, 6) is 2.09. The average molecular weight is 283 g/mol. The van der Waals surface area contributed by atoms with Crippen molar-refractivity contribution < 1.29 is 19.8 Å². The molecule has 0 fully saturated rings. The van der Waals surface area contributed by atoms with Crippen molar-refractivity contribution in [1.82, 2.24) is 5.32 Å². The van der Waals surface area contributed by atoms with Crippen molar-refractivity contribution in [3.63, 3.8) is 0 Å². The van der Waals surface area contributed by atoms with Crippen LogP contribution in [0.4, 0.5) is 0 Å². The zero-order valence-corrected chi connectivity index (χ0v) is 12.3. The summed E-state index contributed by atoms with van der Waals surface area (Å²) >= 11 is 0. The van der Waals surface area contributed by atoms with Gasteiger partial charge in [0, 0.05) is 31.2 Å². The number of amides is 1. The van der Waals surface area contributed by atoms with Crippen LogP contribution < -0.4 is 5.32 Å². The number of Topliss-reactive ketones (excluding diaryl/α,β-unsaturated/α-hetero) is 1. The summed E-state index contributed by atoms with van der Waals surface area (Å²) in [6, 6.07) is 0. The Morgan fingerprint density at radius 3 is 2.45 bits per heavy atom. The van der Waals surface area contributed by atoms with E-state index in [1.807, 2.05) is 0 Å². The number of unbranched alkanes of at least 4 members (excludes halogenated alkanes) is 1. The van der Waals surface area contributed by atoms with Crippen LogP contribution in [-0.2, 0) is 9.59 Å². The minimum Gasteiger partial charge on any atom is -0.396 e. The van der Waals surface area contributed by atoms with Gasteiger partial charge in [-0.1, -0.05) is 13.8 Å². The number of hydrogen-bond donors (Lipinski definition) is 3. The number of carbonyl (C=O) groups excluding carboxylic acids is 2. The highest BCUT2D eigenvalue weighted by Gasteiger charge is 2.32. The Hall–Kier alpha value is -1.38. The van der Waals surface area contributed by atoms with Gasteiger partial charge in [0.1, 0.15) is 11.9 Å². The Morgan fingerprint density at radius 2 is 1.90 bits per heavy atom. The van der Waals surface area contributed by atoms with E-state index in [1.165, 1.54) is 0 Å². The molecule has 0 rings (SSSR count). The van der Waals surface area contributed by atoms with E-state index in [9.17, 15) is 14.7 Å². The lowest BCUT2D eigenvalue weighted by Crippen LogP contribution is -2.45. The number of carbonyl (C=O) groups is 2. The van der Waals surface area contributed by atoms with Crippen molar-refractivity contribution in [2.75, 3.05) is 13.2 Å². The van der Waals surface area contributed by atoms with Crippen molar-refractivity contribution in [3.05, 3.63) is 0 Å². The van der Waals surface area contributed by atoms with Crippen LogP contribution in [0.5, 0.6) is 0 Å². The van der Waals surface area contributed by atoms with Crippen LogP contribution in [0.2, 0.25) is 0 Å². The second kappa shape index (κ2) is 9.51. The van der Waals surface area contributed by atoms with Gasteiger partial charge in [-0.05, 0) is 12.8 Å². The topological polar surface area (TPSA) is 86.6 Å². The van der Waals surface area contributed by atoms with Gasteiger partial charge in [0.2, 0.25) is 5.91 Å². The highest BCUT2D eigenvalue weighted by Crippen LogP contribution is 2.19. The van der Waals surface area contributed by atoms with Gasteiger partial charge < -0.3 is 15.5 Å². The molecule has 0 aliphatic heterocycles. The van der Waals surface area contributed by atoms with Crippen molar-refractivity contribution in [1.29, 1.82) is 0 Å². The molecule has 0 aliphatic rings. The molecule has 114 valence electrons. The Morgan fingerprint density at radius 1 is 1.30 bits per heavy atom. The fraction of sp³-hybridized carbons (Fsp3) is 0.733. The Balaban J connectivity index is 3.83. The Labute approximate surface area is 120 Å². The molecular formula is C15H25NO4. The highest BCUT2D eigenvalue weighted by molar-refractivity contribution is 5.81. The summed E-state index contributed by atoms with van der Waals surface area (Å²) in [5.41, 5.74) is -0.880. The largest absolute Gasteiger partial charge is 0.396 e. The van der Waals surface area contributed by atoms with E-state index in [1.54, 1.807) is 13.8 Å². The van der Waals surface area contributed by atoms with E-state index >= 15 is 0 Å². The fourth-order valence-corrected chi connectivity index (χ4v) is 1.55. The van der Waals surface area contributed by atoms with Gasteiger partial charge in [0.15, 0.2) is 0 Å². The van der Waals surface area contributed by atoms with Crippen LogP contribution in [0, 0.1) is 17.8 Å². The van der Waals surface area contributed by atoms with Crippen molar-refractivity contribution >= 4 is 11.7 Å². The minimum absolute atomic E-state index is 0.130. The molecule has 0 saturated heterocycles. The molecule has 0 aromatic heterocycles. The number of aliphatic hydroxyl groups is 2. The van der Waals surface area contributed by atoms with Crippen LogP contribution >= 0.6 is 0 Å². The van der Waals surface area contributed by atoms with Crippen molar-refractivity contribution in [2.24, 2.45) is 5.41 Å². The second-order valence-electron chi connectivity index (χ2n) is 5.54. The maximum absolute atomic E-state index is 11.6. The molecule has 0 saturated carbocycles. The average Bonchev–Trinajstić information content (AvgIpc) is 2.42. The van der Waals surface area contributed by atoms with E-state index in [0.717, 1.165) is 0 Å². The SMILES string of the molecule is C#CCCCC(=O)CCCNC(=O)[C@H](O)C(C)(C)CO. The van der Waals surface area contributed by atoms with Gasteiger partial charge in [-0.15, -0.1) is 12.3 Å². The van der Waals surface area contributed by atoms with Gasteiger partial charge in [-0.3, -0.25) is 9.59 Å². The second-order valence-corrected chi connectivity index (χ2v) is 5.54. The lowest BCUT2D eigenvalue weighted by molar-refractivity contribution is -0.137. The molecule has 0 unspecified atom stereocenters. The molecule has 0 aliphatic carbocycles. The predicted octanol–water partition coefficient (Wildman–Crippen LogP) is 0.635. The van der Waals surface area contributed by atoms with E-state index < -0.39 is 17.4 Å². The highest BCUT2D eigenvalue weighted by atomic mass is 16.3. The van der Waals surface area contributed by atoms with E-state index in [4.69, 9.17) is 11.5 Å². The minimum atomic E-state index is -1.26. The number of aliphatic hydroxyl groups excluding tert-OH is 2. The molecular weight excluding hydrogens is 258 g/mol. The van der Waals surface area contributed by atoms with Crippen LogP contribution in [-0.4, -0.2) is 41.2 Å². The summed E-state index contributed by atoms with van der Waals surface area (Å²) in [6.45, 7) is 3.26. The van der Waals surface area contributed by atoms with E-state index in [0.29, 0.717) is 38.6 Å². The van der Waals surface area contributed by atoms with Gasteiger partial charge in [0.25, 0.3) is 0 Å². The number of hydrogen-bond acceptors (Lipinski definition) is 4. The Kier molecular flexibility index (Phi) is 8.86. The van der Waals surface area contributed by atoms with E-state index in [-0.39, 0.29) is 12.4 Å². The van der Waals surface area contributed by atoms with Crippen LogP contribution in [0.1, 0.15) is 46.0 Å². The first-order valence-electron chi connectivity index (χ1n) is 6.87. The van der Waals surface area contributed by atoms with E-state index in [2.05, 4.69) is 11.2 Å². The number of rotatable bonds is 10. The fourth-order valence-electron chi connectivity index (χ4n) is 1.55. The van der Waals surface area contributed by atoms with Crippen molar-refractivity contribution in [3.8, 4) is 12.3 Å². The molecule has 0 aromatic rings. The van der Waals surface area contributed by atoms with Crippen LogP contribution in [0.3, 0.4) is 0 Å². The molecule has 0 radical (unpaired) electrons. The van der Waals surface area contributed by atoms with Gasteiger partial charge in [-0.2, -0.15) is 0 Å². The summed E-state index contributed by atoms with van der Waals surface area (Å²) < 4.78 is 0. The van der Waals surface area contributed by atoms with Gasteiger partial charge in [-0.25, -0.2) is 0 Å². The summed E-state index contributed by atoms with van der Waals surface area (Å²) in [4.78, 5) is 23.1. The normalized spacial score (nSPS) is 12.6. The van der Waals surface area contributed by atoms with Crippen molar-refractivity contribution in [2.45, 2.75) is 52.1 Å². The van der Waals surface area contributed by atoms with Gasteiger partial charge in [0.05, 0.1) is 6.61 Å². The third-order valence-corrected chi connectivity index (χ3v) is 3.10. The maximum atomic E-state index is 11.6. The zero-order valence-electron chi connectivity index (χ0n) is 12.3. The first-order valence-corrected chi connectivity index (χ1v) is 6.87. The number of terminal acetylenes is 1. The molecule has 3 N–H and O–H groups in total. The first kappa shape index (κ1) is 18.6.